The molecule has 2 atom stereocenters. The van der Waals surface area contributed by atoms with E-state index in [4.69, 9.17) is 4.74 Å². The molecule has 0 bridgehead atoms. The zero-order valence-electron chi connectivity index (χ0n) is 12.5. The van der Waals surface area contributed by atoms with Gasteiger partial charge in [-0.15, -0.1) is 0 Å². The van der Waals surface area contributed by atoms with Crippen molar-refractivity contribution in [1.29, 1.82) is 0 Å². The third-order valence-electron chi connectivity index (χ3n) is 3.64. The lowest BCUT2D eigenvalue weighted by atomic mass is 9.92. The van der Waals surface area contributed by atoms with Crippen LogP contribution in [0.5, 0.6) is 0 Å². The van der Waals surface area contributed by atoms with Crippen LogP contribution in [0.25, 0.3) is 0 Å². The normalized spacial score (nSPS) is 21.6. The van der Waals surface area contributed by atoms with Crippen LogP contribution >= 0.6 is 0 Å². The van der Waals surface area contributed by atoms with E-state index in [0.29, 0.717) is 23.9 Å². The minimum absolute atomic E-state index is 0.0179. The molecule has 114 valence electrons. The molecule has 1 aromatic rings. The van der Waals surface area contributed by atoms with Crippen LogP contribution in [0.15, 0.2) is 24.3 Å². The second-order valence-corrected chi connectivity index (χ2v) is 5.37. The van der Waals surface area contributed by atoms with Crippen LogP contribution in [0.2, 0.25) is 0 Å². The Morgan fingerprint density at radius 3 is 2.95 bits per heavy atom. The first-order valence-corrected chi connectivity index (χ1v) is 7.41. The van der Waals surface area contributed by atoms with Gasteiger partial charge in [0.2, 0.25) is 5.91 Å². The largest absolute Gasteiger partial charge is 0.462 e. The van der Waals surface area contributed by atoms with Gasteiger partial charge in [0, 0.05) is 17.6 Å². The number of anilines is 1. The van der Waals surface area contributed by atoms with E-state index in [-0.39, 0.29) is 17.8 Å². The molecule has 1 aliphatic rings. The van der Waals surface area contributed by atoms with Crippen molar-refractivity contribution in [3.05, 3.63) is 29.8 Å². The highest BCUT2D eigenvalue weighted by atomic mass is 16.5. The minimum Gasteiger partial charge on any atom is -0.462 e. The fourth-order valence-electron chi connectivity index (χ4n) is 2.55. The minimum atomic E-state index is -0.371. The average molecular weight is 290 g/mol. The van der Waals surface area contributed by atoms with Crippen LogP contribution in [0, 0.1) is 5.92 Å². The van der Waals surface area contributed by atoms with Crippen LogP contribution in [0.4, 0.5) is 5.69 Å². The lowest BCUT2D eigenvalue weighted by Gasteiger charge is -2.27. The van der Waals surface area contributed by atoms with Crippen molar-refractivity contribution in [2.24, 2.45) is 5.92 Å². The van der Waals surface area contributed by atoms with Crippen molar-refractivity contribution in [3.8, 4) is 0 Å². The molecule has 1 heterocycles. The van der Waals surface area contributed by atoms with Gasteiger partial charge in [-0.1, -0.05) is 6.07 Å². The molecule has 1 saturated heterocycles. The summed E-state index contributed by atoms with van der Waals surface area (Å²) in [6.07, 6.45) is 1.68. The van der Waals surface area contributed by atoms with Crippen molar-refractivity contribution in [3.63, 3.8) is 0 Å². The Labute approximate surface area is 125 Å². The van der Waals surface area contributed by atoms with E-state index in [1.165, 1.54) is 0 Å². The predicted molar refractivity (Wildman–Crippen MR) is 81.2 cm³/mol. The van der Waals surface area contributed by atoms with E-state index in [0.717, 1.165) is 19.4 Å². The quantitative estimate of drug-likeness (QED) is 0.834. The highest BCUT2D eigenvalue weighted by Gasteiger charge is 2.24. The molecule has 1 fully saturated rings. The standard InChI is InChI=1S/C16H22N2O3/c1-3-21-16(20)13-5-4-6-14(10-13)18-15(19)12-7-8-17-11(2)9-12/h4-6,10-12,17H,3,7-9H2,1-2H3,(H,18,19)/t11-,12-/m0/s1. The van der Waals surface area contributed by atoms with Gasteiger partial charge in [-0.25, -0.2) is 4.79 Å². The maximum absolute atomic E-state index is 12.3. The summed E-state index contributed by atoms with van der Waals surface area (Å²) in [6, 6.07) is 7.22. The van der Waals surface area contributed by atoms with Crippen LogP contribution in [0.1, 0.15) is 37.0 Å². The zero-order chi connectivity index (χ0) is 15.2. The summed E-state index contributed by atoms with van der Waals surface area (Å²) in [5.41, 5.74) is 1.09. The van der Waals surface area contributed by atoms with Crippen molar-refractivity contribution >= 4 is 17.6 Å². The molecule has 0 radical (unpaired) electrons. The predicted octanol–water partition coefficient (Wildman–Crippen LogP) is 2.19. The summed E-state index contributed by atoms with van der Waals surface area (Å²) in [4.78, 5) is 23.9. The first-order valence-electron chi connectivity index (χ1n) is 7.41. The second-order valence-electron chi connectivity index (χ2n) is 5.37. The third kappa shape index (κ3) is 4.29. The number of rotatable bonds is 4. The molecule has 1 aliphatic heterocycles. The molecule has 0 saturated carbocycles. The molecule has 1 amide bonds. The summed E-state index contributed by atoms with van der Waals surface area (Å²) in [7, 11) is 0. The Balaban J connectivity index is 2.00. The van der Waals surface area contributed by atoms with Crippen LogP contribution < -0.4 is 10.6 Å². The van der Waals surface area contributed by atoms with Gasteiger partial charge in [0.1, 0.15) is 0 Å². The molecule has 5 nitrogen and oxygen atoms in total. The summed E-state index contributed by atoms with van der Waals surface area (Å²) in [5, 5.41) is 6.22. The van der Waals surface area contributed by atoms with Gasteiger partial charge in [-0.05, 0) is 51.4 Å². The highest BCUT2D eigenvalue weighted by Crippen LogP contribution is 2.19. The molecule has 1 aromatic carbocycles. The van der Waals surface area contributed by atoms with Gasteiger partial charge in [-0.2, -0.15) is 0 Å². The smallest absolute Gasteiger partial charge is 0.338 e. The molecule has 21 heavy (non-hydrogen) atoms. The lowest BCUT2D eigenvalue weighted by Crippen LogP contribution is -2.40. The summed E-state index contributed by atoms with van der Waals surface area (Å²) < 4.78 is 4.96. The zero-order valence-corrected chi connectivity index (χ0v) is 12.5. The van der Waals surface area contributed by atoms with Crippen LogP contribution in [-0.4, -0.2) is 31.1 Å². The first-order chi connectivity index (χ1) is 10.1. The van der Waals surface area contributed by atoms with Crippen molar-refractivity contribution in [2.75, 3.05) is 18.5 Å². The Morgan fingerprint density at radius 1 is 1.43 bits per heavy atom. The van der Waals surface area contributed by atoms with Gasteiger partial charge in [0.05, 0.1) is 12.2 Å². The number of amides is 1. The van der Waals surface area contributed by atoms with E-state index in [2.05, 4.69) is 17.6 Å². The lowest BCUT2D eigenvalue weighted by molar-refractivity contribution is -0.120. The molecule has 0 aliphatic carbocycles. The number of esters is 1. The summed E-state index contributed by atoms with van der Waals surface area (Å²) in [6.45, 7) is 5.05. The number of nitrogens with one attached hydrogen (secondary N) is 2. The molecule has 0 unspecified atom stereocenters. The fourth-order valence-corrected chi connectivity index (χ4v) is 2.55. The number of ether oxygens (including phenoxy) is 1. The monoisotopic (exact) mass is 290 g/mol. The first kappa shape index (κ1) is 15.5. The van der Waals surface area contributed by atoms with Crippen molar-refractivity contribution in [1.82, 2.24) is 5.32 Å². The van der Waals surface area contributed by atoms with Crippen molar-refractivity contribution < 1.29 is 14.3 Å². The highest BCUT2D eigenvalue weighted by molar-refractivity contribution is 5.95. The summed E-state index contributed by atoms with van der Waals surface area (Å²) in [5.74, 6) is -0.332. The van der Waals surface area contributed by atoms with E-state index in [9.17, 15) is 9.59 Å². The Hall–Kier alpha value is -1.88. The average Bonchev–Trinajstić information content (AvgIpc) is 2.48. The number of hydrogen-bond acceptors (Lipinski definition) is 4. The SMILES string of the molecule is CCOC(=O)c1cccc(NC(=O)[C@H]2CCN[C@@H](C)C2)c1. The van der Waals surface area contributed by atoms with Gasteiger partial charge >= 0.3 is 5.97 Å². The molecule has 2 rings (SSSR count). The molecule has 5 heteroatoms. The number of piperidine rings is 1. The Bertz CT molecular complexity index is 516. The van der Waals surface area contributed by atoms with Crippen LogP contribution in [-0.2, 0) is 9.53 Å². The number of carbonyl (C=O) groups excluding carboxylic acids is 2. The number of hydrogen-bond donors (Lipinski definition) is 2. The maximum Gasteiger partial charge on any atom is 0.338 e. The van der Waals surface area contributed by atoms with Crippen molar-refractivity contribution in [2.45, 2.75) is 32.7 Å². The maximum atomic E-state index is 12.3. The fraction of sp³-hybridized carbons (Fsp3) is 0.500. The molecular weight excluding hydrogens is 268 g/mol. The van der Waals surface area contributed by atoms with E-state index in [1.54, 1.807) is 31.2 Å². The van der Waals surface area contributed by atoms with E-state index in [1.807, 2.05) is 0 Å². The van der Waals surface area contributed by atoms with Gasteiger partial charge < -0.3 is 15.4 Å². The second kappa shape index (κ2) is 7.22. The number of carbonyl (C=O) groups is 2. The topological polar surface area (TPSA) is 67.4 Å². The molecule has 2 N–H and O–H groups in total. The third-order valence-corrected chi connectivity index (χ3v) is 3.64. The van der Waals surface area contributed by atoms with Crippen LogP contribution in [0.3, 0.4) is 0 Å². The number of benzene rings is 1. The van der Waals surface area contributed by atoms with Gasteiger partial charge in [0.15, 0.2) is 0 Å². The van der Waals surface area contributed by atoms with E-state index < -0.39 is 0 Å². The van der Waals surface area contributed by atoms with Gasteiger partial charge in [0.25, 0.3) is 0 Å². The molecular formula is C16H22N2O3. The molecule has 0 spiro atoms. The Kier molecular flexibility index (Phi) is 5.33. The van der Waals surface area contributed by atoms with Gasteiger partial charge in [-0.3, -0.25) is 4.79 Å². The van der Waals surface area contributed by atoms with E-state index >= 15 is 0 Å². The Morgan fingerprint density at radius 2 is 2.24 bits per heavy atom. The molecule has 0 aromatic heterocycles. The summed E-state index contributed by atoms with van der Waals surface area (Å²) >= 11 is 0.